The van der Waals surface area contributed by atoms with Gasteiger partial charge in [0.25, 0.3) is 0 Å². The van der Waals surface area contributed by atoms with Gasteiger partial charge in [0.05, 0.1) is 5.75 Å². The summed E-state index contributed by atoms with van der Waals surface area (Å²) in [7, 11) is 0. The van der Waals surface area contributed by atoms with Gasteiger partial charge < -0.3 is 9.64 Å². The van der Waals surface area contributed by atoms with E-state index in [0.29, 0.717) is 18.5 Å². The third-order valence-electron chi connectivity index (χ3n) is 5.02. The molecule has 0 unspecified atom stereocenters. The standard InChI is InChI=1S/C24H21NO4S/c26-22(18-7-10-20(11-8-18)25-13-3-6-23(25)27)15-29-24(28)16-30-21-12-9-17-4-1-2-5-19(17)14-21/h1-2,4-5,7-12,14H,3,6,13,15-16H2. The van der Waals surface area contributed by atoms with E-state index in [-0.39, 0.29) is 24.1 Å². The summed E-state index contributed by atoms with van der Waals surface area (Å²) in [4.78, 5) is 38.8. The van der Waals surface area contributed by atoms with Gasteiger partial charge in [-0.15, -0.1) is 11.8 Å². The van der Waals surface area contributed by atoms with Crippen LogP contribution in [-0.4, -0.2) is 36.6 Å². The molecular weight excluding hydrogens is 398 g/mol. The highest BCUT2D eigenvalue weighted by molar-refractivity contribution is 8.00. The topological polar surface area (TPSA) is 63.7 Å². The van der Waals surface area contributed by atoms with E-state index in [1.165, 1.54) is 11.8 Å². The number of amides is 1. The Morgan fingerprint density at radius 1 is 0.967 bits per heavy atom. The van der Waals surface area contributed by atoms with E-state index in [1.807, 2.05) is 42.5 Å². The minimum atomic E-state index is -0.430. The normalized spacial score (nSPS) is 13.6. The van der Waals surface area contributed by atoms with E-state index >= 15 is 0 Å². The maximum absolute atomic E-state index is 12.3. The zero-order chi connectivity index (χ0) is 20.9. The van der Waals surface area contributed by atoms with Crippen molar-refractivity contribution in [2.75, 3.05) is 23.8 Å². The van der Waals surface area contributed by atoms with Gasteiger partial charge in [0, 0.05) is 29.1 Å². The predicted octanol–water partition coefficient (Wildman–Crippen LogP) is 4.48. The molecule has 3 aromatic rings. The maximum Gasteiger partial charge on any atom is 0.316 e. The smallest absolute Gasteiger partial charge is 0.316 e. The van der Waals surface area contributed by atoms with Crippen molar-refractivity contribution < 1.29 is 19.1 Å². The van der Waals surface area contributed by atoms with E-state index in [1.54, 1.807) is 29.2 Å². The first-order valence-corrected chi connectivity index (χ1v) is 10.8. The maximum atomic E-state index is 12.3. The molecule has 0 bridgehead atoms. The van der Waals surface area contributed by atoms with Gasteiger partial charge in [-0.1, -0.05) is 30.3 Å². The molecule has 1 saturated heterocycles. The van der Waals surface area contributed by atoms with Crippen LogP contribution in [0.4, 0.5) is 5.69 Å². The molecule has 0 radical (unpaired) electrons. The minimum Gasteiger partial charge on any atom is -0.457 e. The zero-order valence-corrected chi connectivity index (χ0v) is 17.2. The molecule has 152 valence electrons. The van der Waals surface area contributed by atoms with E-state index < -0.39 is 5.97 Å². The van der Waals surface area contributed by atoms with Crippen LogP contribution in [0, 0.1) is 0 Å². The van der Waals surface area contributed by atoms with Gasteiger partial charge in [0.1, 0.15) is 0 Å². The highest BCUT2D eigenvalue weighted by atomic mass is 32.2. The van der Waals surface area contributed by atoms with Crippen molar-refractivity contribution in [1.82, 2.24) is 0 Å². The predicted molar refractivity (Wildman–Crippen MR) is 118 cm³/mol. The fraction of sp³-hybridized carbons (Fsp3) is 0.208. The molecule has 3 aromatic carbocycles. The van der Waals surface area contributed by atoms with Crippen LogP contribution in [0.1, 0.15) is 23.2 Å². The molecular formula is C24H21NO4S. The van der Waals surface area contributed by atoms with Gasteiger partial charge in [0.2, 0.25) is 5.91 Å². The lowest BCUT2D eigenvalue weighted by molar-refractivity contribution is -0.139. The first kappa shape index (κ1) is 20.2. The number of anilines is 1. The molecule has 4 rings (SSSR count). The van der Waals surface area contributed by atoms with Crippen molar-refractivity contribution >= 4 is 45.9 Å². The number of carbonyl (C=O) groups is 3. The summed E-state index contributed by atoms with van der Waals surface area (Å²) in [6, 6.07) is 20.9. The first-order chi connectivity index (χ1) is 14.6. The van der Waals surface area contributed by atoms with Crippen LogP contribution >= 0.6 is 11.8 Å². The summed E-state index contributed by atoms with van der Waals surface area (Å²) in [6.07, 6.45) is 1.42. The van der Waals surface area contributed by atoms with Crippen LogP contribution in [0.25, 0.3) is 10.8 Å². The molecule has 5 nitrogen and oxygen atoms in total. The number of esters is 1. The highest BCUT2D eigenvalue weighted by Gasteiger charge is 2.21. The molecule has 0 saturated carbocycles. The largest absolute Gasteiger partial charge is 0.457 e. The van der Waals surface area contributed by atoms with Crippen LogP contribution in [0.15, 0.2) is 71.6 Å². The molecule has 1 fully saturated rings. The van der Waals surface area contributed by atoms with Gasteiger partial charge in [0.15, 0.2) is 12.4 Å². The summed E-state index contributed by atoms with van der Waals surface area (Å²) < 4.78 is 5.14. The average molecular weight is 420 g/mol. The van der Waals surface area contributed by atoms with Crippen LogP contribution in [0.2, 0.25) is 0 Å². The number of carbonyl (C=O) groups excluding carboxylic acids is 3. The number of fused-ring (bicyclic) bond motifs is 1. The molecule has 0 aromatic heterocycles. The van der Waals surface area contributed by atoms with Crippen LogP contribution < -0.4 is 4.90 Å². The summed E-state index contributed by atoms with van der Waals surface area (Å²) in [5.41, 5.74) is 1.25. The fourth-order valence-corrected chi connectivity index (χ4v) is 4.16. The van der Waals surface area contributed by atoms with Gasteiger partial charge in [-0.25, -0.2) is 0 Å². The molecule has 0 aliphatic carbocycles. The summed E-state index contributed by atoms with van der Waals surface area (Å²) in [5.74, 6) is -0.451. The molecule has 1 amide bonds. The Bertz CT molecular complexity index is 1090. The second kappa shape index (κ2) is 9.13. The van der Waals surface area contributed by atoms with Crippen LogP contribution in [0.5, 0.6) is 0 Å². The van der Waals surface area contributed by atoms with Crippen molar-refractivity contribution in [2.45, 2.75) is 17.7 Å². The molecule has 6 heteroatoms. The summed E-state index contributed by atoms with van der Waals surface area (Å²) in [6.45, 7) is 0.414. The van der Waals surface area contributed by atoms with E-state index in [4.69, 9.17) is 4.74 Å². The first-order valence-electron chi connectivity index (χ1n) is 9.81. The third-order valence-corrected chi connectivity index (χ3v) is 5.98. The van der Waals surface area contributed by atoms with Crippen LogP contribution in [-0.2, 0) is 14.3 Å². The second-order valence-electron chi connectivity index (χ2n) is 7.08. The fourth-order valence-electron chi connectivity index (χ4n) is 3.42. The zero-order valence-electron chi connectivity index (χ0n) is 16.4. The van der Waals surface area contributed by atoms with Crippen molar-refractivity contribution in [2.24, 2.45) is 0 Å². The number of rotatable bonds is 7. The van der Waals surface area contributed by atoms with Crippen molar-refractivity contribution in [3.63, 3.8) is 0 Å². The Kier molecular flexibility index (Phi) is 6.14. The van der Waals surface area contributed by atoms with E-state index in [0.717, 1.165) is 27.8 Å². The highest BCUT2D eigenvalue weighted by Crippen LogP contribution is 2.24. The average Bonchev–Trinajstić information content (AvgIpc) is 3.21. The molecule has 0 atom stereocenters. The number of nitrogens with zero attached hydrogens (tertiary/aromatic N) is 1. The molecule has 1 aliphatic heterocycles. The molecule has 30 heavy (non-hydrogen) atoms. The summed E-state index contributed by atoms with van der Waals surface area (Å²) in [5, 5.41) is 2.26. The number of benzene rings is 3. The SMILES string of the molecule is O=C(CSc1ccc2ccccc2c1)OCC(=O)c1ccc(N2CCCC2=O)cc1. The van der Waals surface area contributed by atoms with Crippen molar-refractivity contribution in [3.8, 4) is 0 Å². The molecule has 0 N–H and O–H groups in total. The van der Waals surface area contributed by atoms with E-state index in [2.05, 4.69) is 0 Å². The monoisotopic (exact) mass is 419 g/mol. The van der Waals surface area contributed by atoms with Crippen LogP contribution in [0.3, 0.4) is 0 Å². The number of thioether (sulfide) groups is 1. The molecule has 1 aliphatic rings. The van der Waals surface area contributed by atoms with Gasteiger partial charge in [-0.05, 0) is 53.6 Å². The number of ketones is 1. The van der Waals surface area contributed by atoms with Crippen molar-refractivity contribution in [1.29, 1.82) is 0 Å². The van der Waals surface area contributed by atoms with E-state index in [9.17, 15) is 14.4 Å². The number of Topliss-reactive ketones (excluding diaryl/α,β-unsaturated/α-hetero) is 1. The Labute approximate surface area is 179 Å². The molecule has 1 heterocycles. The Balaban J connectivity index is 1.26. The van der Waals surface area contributed by atoms with Gasteiger partial charge in [-0.3, -0.25) is 14.4 Å². The summed E-state index contributed by atoms with van der Waals surface area (Å²) >= 11 is 1.38. The Hall–Kier alpha value is -3.12. The number of ether oxygens (including phenoxy) is 1. The second-order valence-corrected chi connectivity index (χ2v) is 8.13. The van der Waals surface area contributed by atoms with Gasteiger partial charge in [-0.2, -0.15) is 0 Å². The quantitative estimate of drug-likeness (QED) is 0.321. The number of hydrogen-bond donors (Lipinski definition) is 0. The molecule has 0 spiro atoms. The minimum absolute atomic E-state index is 0.104. The van der Waals surface area contributed by atoms with Gasteiger partial charge >= 0.3 is 5.97 Å². The Morgan fingerprint density at radius 3 is 2.47 bits per heavy atom. The Morgan fingerprint density at radius 2 is 1.73 bits per heavy atom. The number of hydrogen-bond acceptors (Lipinski definition) is 5. The van der Waals surface area contributed by atoms with Crippen molar-refractivity contribution in [3.05, 3.63) is 72.3 Å². The third kappa shape index (κ3) is 4.71. The lowest BCUT2D eigenvalue weighted by Gasteiger charge is -2.15. The lowest BCUT2D eigenvalue weighted by Crippen LogP contribution is -2.23. The lowest BCUT2D eigenvalue weighted by atomic mass is 10.1.